The normalized spacial score (nSPS) is 18.3. The van der Waals surface area contributed by atoms with Crippen LogP contribution in [-0.4, -0.2) is 81.3 Å². The monoisotopic (exact) mass is 725 g/mol. The summed E-state index contributed by atoms with van der Waals surface area (Å²) in [7, 11) is -3.81. The molecule has 0 aliphatic carbocycles. The largest absolute Gasteiger partial charge is 0.378 e. The van der Waals surface area contributed by atoms with Gasteiger partial charge in [0.05, 0.1) is 25.7 Å². The van der Waals surface area contributed by atoms with Crippen molar-refractivity contribution in [2.45, 2.75) is 25.8 Å². The van der Waals surface area contributed by atoms with Crippen LogP contribution in [0.2, 0.25) is 0 Å². The lowest BCUT2D eigenvalue weighted by Crippen LogP contribution is -2.37. The molecule has 3 heterocycles. The van der Waals surface area contributed by atoms with Gasteiger partial charge in [0.15, 0.2) is 0 Å². The highest BCUT2D eigenvalue weighted by Gasteiger charge is 2.40. The molecule has 0 radical (unpaired) electrons. The van der Waals surface area contributed by atoms with Crippen LogP contribution >= 0.6 is 37.2 Å². The molecule has 1 aromatic heterocycles. The number of likely N-dealkylation sites (tertiary alicyclic amines) is 1. The highest BCUT2D eigenvalue weighted by molar-refractivity contribution is 7.87. The number of nitrogens with zero attached hydrogens (tertiary/aromatic N) is 4. The number of aromatic nitrogens is 2. The molecule has 2 aromatic carbocycles. The summed E-state index contributed by atoms with van der Waals surface area (Å²) in [6, 6.07) is 9.69. The minimum atomic E-state index is -3.81. The van der Waals surface area contributed by atoms with Crippen LogP contribution in [0.4, 0.5) is 20.4 Å². The lowest BCUT2D eigenvalue weighted by Gasteiger charge is -2.31. The number of carbonyl (C=O) groups excluding carboxylic acids is 1. The summed E-state index contributed by atoms with van der Waals surface area (Å²) in [4.78, 5) is 22.4. The third-order valence-electron chi connectivity index (χ3n) is 7.93. The van der Waals surface area contributed by atoms with Crippen molar-refractivity contribution in [1.82, 2.24) is 19.2 Å². The van der Waals surface area contributed by atoms with Crippen LogP contribution in [0, 0.1) is 24.5 Å². The molecule has 0 bridgehead atoms. The van der Waals surface area contributed by atoms with Gasteiger partial charge in [-0.15, -0.1) is 37.2 Å². The summed E-state index contributed by atoms with van der Waals surface area (Å²) in [5.74, 6) is -2.56. The summed E-state index contributed by atoms with van der Waals surface area (Å²) in [5, 5.41) is 7.95. The van der Waals surface area contributed by atoms with Gasteiger partial charge >= 0.3 is 0 Å². The van der Waals surface area contributed by atoms with Crippen LogP contribution in [-0.2, 0) is 26.3 Å². The predicted octanol–water partition coefficient (Wildman–Crippen LogP) is 3.46. The summed E-state index contributed by atoms with van der Waals surface area (Å²) in [6.07, 6.45) is 3.86. The molecule has 46 heavy (non-hydrogen) atoms. The number of hydrogen-bond acceptors (Lipinski definition) is 7. The van der Waals surface area contributed by atoms with Crippen molar-refractivity contribution in [3.63, 3.8) is 0 Å². The zero-order valence-electron chi connectivity index (χ0n) is 25.2. The minimum absolute atomic E-state index is 0. The second kappa shape index (κ2) is 17.6. The summed E-state index contributed by atoms with van der Waals surface area (Å²) < 4.78 is 60.6. The zero-order chi connectivity index (χ0) is 30.6. The zero-order valence-corrected chi connectivity index (χ0v) is 28.5. The van der Waals surface area contributed by atoms with Crippen LogP contribution in [0.15, 0.2) is 48.8 Å². The van der Waals surface area contributed by atoms with Gasteiger partial charge in [0.25, 0.3) is 10.2 Å². The van der Waals surface area contributed by atoms with E-state index in [1.165, 1.54) is 12.1 Å². The summed E-state index contributed by atoms with van der Waals surface area (Å²) in [6.45, 7) is 6.68. The molecule has 0 unspecified atom stereocenters. The number of aryl methyl sites for hydroxylation is 1. The fourth-order valence-corrected chi connectivity index (χ4v) is 6.25. The molecule has 2 aliphatic heterocycles. The standard InChI is InChI=1S/C29H37F2N7O4S.3ClH/c1-20-3-4-21(27(15-20)37-11-13-42-14-12-37)17-38-10-8-33-29(38)35-28(39)25-19-36(9-2-7-34-43(32,40)41)18-24(25)23-6-5-22(30)16-26(23)31;;;/h3-6,8,10,15-16,24-25,34H,2,7,9,11-14,17-19H2,1H3,(H2,32,40,41)(H,33,35,39);3*1H/t24-,25+;;;/m0.../s1. The van der Waals surface area contributed by atoms with Crippen molar-refractivity contribution in [3.05, 3.63) is 77.1 Å². The Labute approximate surface area is 286 Å². The average molecular weight is 727 g/mol. The van der Waals surface area contributed by atoms with Crippen molar-refractivity contribution < 1.29 is 26.7 Å². The molecule has 2 saturated heterocycles. The van der Waals surface area contributed by atoms with E-state index >= 15 is 0 Å². The number of imidazole rings is 1. The highest BCUT2D eigenvalue weighted by atomic mass is 35.5. The Morgan fingerprint density at radius 3 is 2.52 bits per heavy atom. The van der Waals surface area contributed by atoms with Gasteiger partial charge in [0, 0.05) is 62.8 Å². The first-order valence-electron chi connectivity index (χ1n) is 14.3. The van der Waals surface area contributed by atoms with Crippen molar-refractivity contribution in [2.75, 3.05) is 62.7 Å². The molecule has 0 spiro atoms. The van der Waals surface area contributed by atoms with E-state index in [9.17, 15) is 22.0 Å². The molecule has 17 heteroatoms. The number of benzene rings is 2. The molecule has 4 N–H and O–H groups in total. The number of ether oxygens (including phenoxy) is 1. The quantitative estimate of drug-likeness (QED) is 0.258. The van der Waals surface area contributed by atoms with Gasteiger partial charge in [0.1, 0.15) is 11.6 Å². The van der Waals surface area contributed by atoms with Crippen LogP contribution in [0.3, 0.4) is 0 Å². The van der Waals surface area contributed by atoms with E-state index < -0.39 is 33.7 Å². The van der Waals surface area contributed by atoms with Crippen LogP contribution in [0.5, 0.6) is 0 Å². The van der Waals surface area contributed by atoms with Crippen molar-refractivity contribution in [2.24, 2.45) is 11.1 Å². The molecule has 5 rings (SSSR count). The van der Waals surface area contributed by atoms with Gasteiger partial charge in [-0.2, -0.15) is 8.42 Å². The molecule has 0 saturated carbocycles. The van der Waals surface area contributed by atoms with Gasteiger partial charge in [0.2, 0.25) is 11.9 Å². The number of amides is 1. The van der Waals surface area contributed by atoms with E-state index in [1.807, 2.05) is 9.47 Å². The average Bonchev–Trinajstić information content (AvgIpc) is 3.59. The molecular weight excluding hydrogens is 687 g/mol. The Bertz CT molecular complexity index is 1560. The van der Waals surface area contributed by atoms with Gasteiger partial charge in [-0.3, -0.25) is 10.1 Å². The second-order valence-electron chi connectivity index (χ2n) is 11.0. The lowest BCUT2D eigenvalue weighted by atomic mass is 9.88. The molecule has 1 amide bonds. The second-order valence-corrected chi connectivity index (χ2v) is 12.4. The van der Waals surface area contributed by atoms with Gasteiger partial charge in [-0.25, -0.2) is 23.6 Å². The van der Waals surface area contributed by atoms with Crippen molar-refractivity contribution in [3.8, 4) is 0 Å². The fourth-order valence-electron chi connectivity index (χ4n) is 5.82. The molecular formula is C29H40Cl3F2N7O4S. The molecule has 2 atom stereocenters. The third-order valence-corrected chi connectivity index (χ3v) is 8.54. The van der Waals surface area contributed by atoms with E-state index in [0.717, 1.165) is 36.0 Å². The van der Waals surface area contributed by atoms with Crippen molar-refractivity contribution >= 4 is 65.0 Å². The fraction of sp³-hybridized carbons (Fsp3) is 0.448. The van der Waals surface area contributed by atoms with Gasteiger partial charge < -0.3 is 19.1 Å². The third kappa shape index (κ3) is 10.2. The van der Waals surface area contributed by atoms with Gasteiger partial charge in [-0.05, 0) is 48.7 Å². The Kier molecular flexibility index (Phi) is 15.1. The van der Waals surface area contributed by atoms with E-state index in [2.05, 4.69) is 45.0 Å². The smallest absolute Gasteiger partial charge is 0.274 e. The maximum absolute atomic E-state index is 14.9. The molecule has 2 aliphatic rings. The minimum Gasteiger partial charge on any atom is -0.378 e. The van der Waals surface area contributed by atoms with E-state index in [0.29, 0.717) is 51.8 Å². The van der Waals surface area contributed by atoms with E-state index in [-0.39, 0.29) is 55.2 Å². The Hall–Kier alpha value is -2.56. The van der Waals surface area contributed by atoms with Crippen LogP contribution in [0.25, 0.3) is 0 Å². The van der Waals surface area contributed by atoms with E-state index in [1.54, 1.807) is 12.4 Å². The number of anilines is 2. The first-order chi connectivity index (χ1) is 20.6. The number of nitrogens with one attached hydrogen (secondary N) is 2. The van der Waals surface area contributed by atoms with Crippen LogP contribution in [0.1, 0.15) is 29.0 Å². The number of hydrogen-bond donors (Lipinski definition) is 3. The number of rotatable bonds is 11. The summed E-state index contributed by atoms with van der Waals surface area (Å²) in [5.41, 5.74) is 3.59. The van der Waals surface area contributed by atoms with Crippen molar-refractivity contribution in [1.29, 1.82) is 0 Å². The van der Waals surface area contributed by atoms with Crippen LogP contribution < -0.4 is 20.1 Å². The maximum atomic E-state index is 14.9. The summed E-state index contributed by atoms with van der Waals surface area (Å²) >= 11 is 0. The molecule has 2 fully saturated rings. The molecule has 11 nitrogen and oxygen atoms in total. The first-order valence-corrected chi connectivity index (χ1v) is 15.8. The Morgan fingerprint density at radius 2 is 1.83 bits per heavy atom. The Balaban J connectivity index is 0.00000245. The first kappa shape index (κ1) is 39.6. The molecule has 256 valence electrons. The SMILES string of the molecule is Cc1ccc(Cn2ccnc2NC(=O)[C@@H]2CN(CCCNS(N)(=O)=O)C[C@H]2c2ccc(F)cc2F)c(N2CCOCC2)c1.Cl.Cl.Cl. The highest BCUT2D eigenvalue weighted by Crippen LogP contribution is 2.35. The topological polar surface area (TPSA) is 135 Å². The molecule has 3 aromatic rings. The van der Waals surface area contributed by atoms with E-state index in [4.69, 9.17) is 9.88 Å². The number of nitrogens with two attached hydrogens (primary N) is 1. The Morgan fingerprint density at radius 1 is 1.09 bits per heavy atom. The maximum Gasteiger partial charge on any atom is 0.274 e. The lowest BCUT2D eigenvalue weighted by molar-refractivity contribution is -0.120. The number of morpholine rings is 1. The predicted molar refractivity (Wildman–Crippen MR) is 181 cm³/mol. The van der Waals surface area contributed by atoms with Gasteiger partial charge in [-0.1, -0.05) is 18.2 Å². The number of carbonyl (C=O) groups is 1. The number of halogens is 5.